The molecule has 29 heavy (non-hydrogen) atoms. The number of aromatic nitrogens is 2. The molecule has 3 aromatic rings. The maximum atomic E-state index is 13.0. The molecule has 4 rings (SSSR count). The Balaban J connectivity index is 1.52. The van der Waals surface area contributed by atoms with Crippen LogP contribution < -0.4 is 20.1 Å². The first kappa shape index (κ1) is 18.9. The van der Waals surface area contributed by atoms with Gasteiger partial charge in [-0.1, -0.05) is 18.2 Å². The van der Waals surface area contributed by atoms with E-state index in [1.807, 2.05) is 42.5 Å². The Morgan fingerprint density at radius 3 is 2.31 bits per heavy atom. The topological polar surface area (TPSA) is 85.4 Å². The summed E-state index contributed by atoms with van der Waals surface area (Å²) in [5.41, 5.74) is 2.74. The fourth-order valence-electron chi connectivity index (χ4n) is 3.12. The van der Waals surface area contributed by atoms with Crippen molar-refractivity contribution in [2.75, 3.05) is 13.2 Å². The lowest BCUT2D eigenvalue weighted by molar-refractivity contribution is -0.123. The van der Waals surface area contributed by atoms with Gasteiger partial charge in [-0.3, -0.25) is 20.1 Å². The van der Waals surface area contributed by atoms with E-state index < -0.39 is 6.04 Å². The number of fused-ring (bicyclic) bond motifs is 1. The van der Waals surface area contributed by atoms with Gasteiger partial charge in [0.1, 0.15) is 19.3 Å². The minimum Gasteiger partial charge on any atom is -0.486 e. The summed E-state index contributed by atoms with van der Waals surface area (Å²) >= 11 is 0. The Morgan fingerprint density at radius 2 is 1.62 bits per heavy atom. The minimum absolute atomic E-state index is 0.130. The minimum atomic E-state index is -0.553. The molecule has 148 valence electrons. The van der Waals surface area contributed by atoms with E-state index in [4.69, 9.17) is 9.47 Å². The van der Waals surface area contributed by atoms with Gasteiger partial charge in [-0.05, 0) is 41.0 Å². The van der Waals surface area contributed by atoms with Crippen LogP contribution in [0.1, 0.15) is 22.7 Å². The maximum absolute atomic E-state index is 13.0. The van der Waals surface area contributed by atoms with E-state index in [9.17, 15) is 4.79 Å². The van der Waals surface area contributed by atoms with Gasteiger partial charge in [0.25, 0.3) is 0 Å². The van der Waals surface area contributed by atoms with Crippen LogP contribution in [-0.2, 0) is 17.9 Å². The van der Waals surface area contributed by atoms with Crippen molar-refractivity contribution in [3.63, 3.8) is 0 Å². The third kappa shape index (κ3) is 4.89. The molecule has 1 amide bonds. The normalized spacial score (nSPS) is 13.5. The average molecular weight is 390 g/mol. The number of hydrogen-bond donors (Lipinski definition) is 2. The maximum Gasteiger partial charge on any atom is 0.242 e. The van der Waals surface area contributed by atoms with E-state index in [0.717, 1.165) is 16.7 Å². The molecular weight excluding hydrogens is 368 g/mol. The van der Waals surface area contributed by atoms with E-state index in [1.54, 1.807) is 24.8 Å². The Labute approximate surface area is 169 Å². The molecule has 0 aliphatic carbocycles. The second-order valence-corrected chi connectivity index (χ2v) is 6.66. The van der Waals surface area contributed by atoms with Gasteiger partial charge in [-0.15, -0.1) is 0 Å². The summed E-state index contributed by atoms with van der Waals surface area (Å²) in [4.78, 5) is 21.2. The molecule has 2 N–H and O–H groups in total. The van der Waals surface area contributed by atoms with Gasteiger partial charge in [-0.2, -0.15) is 0 Å². The van der Waals surface area contributed by atoms with Crippen molar-refractivity contribution >= 4 is 5.91 Å². The number of rotatable bonds is 7. The number of benzene rings is 1. The van der Waals surface area contributed by atoms with Crippen molar-refractivity contribution in [3.8, 4) is 11.5 Å². The summed E-state index contributed by atoms with van der Waals surface area (Å²) in [6.07, 6.45) is 6.95. The van der Waals surface area contributed by atoms with Crippen LogP contribution in [0.25, 0.3) is 0 Å². The van der Waals surface area contributed by atoms with Gasteiger partial charge in [-0.25, -0.2) is 0 Å². The Hall–Kier alpha value is -3.45. The highest BCUT2D eigenvalue weighted by Gasteiger charge is 2.23. The van der Waals surface area contributed by atoms with Crippen LogP contribution in [0.15, 0.2) is 67.3 Å². The van der Waals surface area contributed by atoms with Gasteiger partial charge in [0, 0.05) is 37.9 Å². The highest BCUT2D eigenvalue weighted by atomic mass is 16.6. The fraction of sp³-hybridized carbons (Fsp3) is 0.227. The molecule has 1 atom stereocenters. The van der Waals surface area contributed by atoms with Crippen molar-refractivity contribution in [1.82, 2.24) is 20.6 Å². The van der Waals surface area contributed by atoms with Crippen LogP contribution in [0.3, 0.4) is 0 Å². The highest BCUT2D eigenvalue weighted by molar-refractivity contribution is 5.83. The number of carbonyl (C=O) groups excluding carboxylic acids is 1. The van der Waals surface area contributed by atoms with Crippen LogP contribution in [0.2, 0.25) is 0 Å². The van der Waals surface area contributed by atoms with Crippen molar-refractivity contribution in [2.24, 2.45) is 0 Å². The fourth-order valence-corrected chi connectivity index (χ4v) is 3.12. The van der Waals surface area contributed by atoms with E-state index in [0.29, 0.717) is 37.8 Å². The lowest BCUT2D eigenvalue weighted by Gasteiger charge is -2.23. The van der Waals surface area contributed by atoms with E-state index in [2.05, 4.69) is 20.6 Å². The van der Waals surface area contributed by atoms with Crippen molar-refractivity contribution in [2.45, 2.75) is 19.1 Å². The lowest BCUT2D eigenvalue weighted by atomic mass is 10.0. The molecule has 1 aromatic carbocycles. The lowest BCUT2D eigenvalue weighted by Crippen LogP contribution is -2.37. The van der Waals surface area contributed by atoms with Crippen molar-refractivity contribution < 1.29 is 14.3 Å². The smallest absolute Gasteiger partial charge is 0.242 e. The second-order valence-electron chi connectivity index (χ2n) is 6.66. The average Bonchev–Trinajstić information content (AvgIpc) is 2.79. The van der Waals surface area contributed by atoms with E-state index in [-0.39, 0.29) is 5.91 Å². The molecule has 0 radical (unpaired) electrons. The molecule has 0 spiro atoms. The third-order valence-corrected chi connectivity index (χ3v) is 4.58. The predicted molar refractivity (Wildman–Crippen MR) is 107 cm³/mol. The summed E-state index contributed by atoms with van der Waals surface area (Å²) in [7, 11) is 0. The molecule has 7 nitrogen and oxygen atoms in total. The summed E-state index contributed by atoms with van der Waals surface area (Å²) in [6.45, 7) is 1.94. The molecule has 0 saturated heterocycles. The molecular formula is C22H22N4O3. The molecule has 0 saturated carbocycles. The zero-order chi connectivity index (χ0) is 19.9. The summed E-state index contributed by atoms with van der Waals surface area (Å²) in [5.74, 6) is 1.22. The molecule has 7 heteroatoms. The first-order valence-electron chi connectivity index (χ1n) is 9.48. The van der Waals surface area contributed by atoms with Gasteiger partial charge in [0.15, 0.2) is 11.5 Å². The SMILES string of the molecule is O=C(NCc1cccnc1)C(NCc1cccnc1)c1ccc2c(c1)OCCO2. The van der Waals surface area contributed by atoms with Crippen LogP contribution in [0.4, 0.5) is 0 Å². The molecule has 1 unspecified atom stereocenters. The molecule has 2 aromatic heterocycles. The first-order chi connectivity index (χ1) is 14.3. The number of amides is 1. The predicted octanol–water partition coefficient (Wildman–Crippen LogP) is 2.40. The number of pyridine rings is 2. The quantitative estimate of drug-likeness (QED) is 0.644. The summed E-state index contributed by atoms with van der Waals surface area (Å²) < 4.78 is 11.3. The van der Waals surface area contributed by atoms with Gasteiger partial charge < -0.3 is 14.8 Å². The first-order valence-corrected chi connectivity index (χ1v) is 9.48. The standard InChI is InChI=1S/C22H22N4O3/c27-22(26-15-17-4-2-8-24-13-17)21(25-14-16-3-1-7-23-12-16)18-5-6-19-20(11-18)29-10-9-28-19/h1-8,11-13,21,25H,9-10,14-15H2,(H,26,27). The van der Waals surface area contributed by atoms with Gasteiger partial charge in [0.05, 0.1) is 0 Å². The summed E-state index contributed by atoms with van der Waals surface area (Å²) in [5, 5.41) is 6.32. The summed E-state index contributed by atoms with van der Waals surface area (Å²) in [6, 6.07) is 12.7. The largest absolute Gasteiger partial charge is 0.486 e. The van der Waals surface area contributed by atoms with Crippen molar-refractivity contribution in [1.29, 1.82) is 0 Å². The molecule has 0 bridgehead atoms. The number of hydrogen-bond acceptors (Lipinski definition) is 6. The van der Waals surface area contributed by atoms with Crippen LogP contribution in [0.5, 0.6) is 11.5 Å². The Bertz CT molecular complexity index is 951. The van der Waals surface area contributed by atoms with E-state index in [1.165, 1.54) is 0 Å². The highest BCUT2D eigenvalue weighted by Crippen LogP contribution is 2.32. The third-order valence-electron chi connectivity index (χ3n) is 4.58. The number of ether oxygens (including phenoxy) is 2. The van der Waals surface area contributed by atoms with Gasteiger partial charge >= 0.3 is 0 Å². The zero-order valence-corrected chi connectivity index (χ0v) is 15.9. The molecule has 1 aliphatic rings. The Kier molecular flexibility index (Phi) is 5.97. The van der Waals surface area contributed by atoms with Crippen molar-refractivity contribution in [3.05, 3.63) is 83.9 Å². The van der Waals surface area contributed by atoms with Crippen LogP contribution in [0, 0.1) is 0 Å². The van der Waals surface area contributed by atoms with Crippen LogP contribution in [-0.4, -0.2) is 29.1 Å². The van der Waals surface area contributed by atoms with Gasteiger partial charge in [0.2, 0.25) is 5.91 Å². The second kappa shape index (κ2) is 9.16. The molecule has 1 aliphatic heterocycles. The number of nitrogens with one attached hydrogen (secondary N) is 2. The van der Waals surface area contributed by atoms with E-state index >= 15 is 0 Å². The number of carbonyl (C=O) groups is 1. The molecule has 3 heterocycles. The zero-order valence-electron chi connectivity index (χ0n) is 15.9. The number of nitrogens with zero attached hydrogens (tertiary/aromatic N) is 2. The monoisotopic (exact) mass is 390 g/mol. The van der Waals surface area contributed by atoms with Crippen LogP contribution >= 0.6 is 0 Å². The Morgan fingerprint density at radius 1 is 0.931 bits per heavy atom. The molecule has 0 fully saturated rings.